The van der Waals surface area contributed by atoms with Gasteiger partial charge in [0.2, 0.25) is 0 Å². The highest BCUT2D eigenvalue weighted by Crippen LogP contribution is 2.25. The summed E-state index contributed by atoms with van der Waals surface area (Å²) in [5.41, 5.74) is 1.14. The van der Waals surface area contributed by atoms with Crippen LogP contribution >= 0.6 is 0 Å². The number of hydrogen-bond donors (Lipinski definition) is 1. The molecule has 0 amide bonds. The van der Waals surface area contributed by atoms with E-state index in [1.54, 1.807) is 0 Å². The van der Waals surface area contributed by atoms with E-state index in [2.05, 4.69) is 0 Å². The van der Waals surface area contributed by atoms with Gasteiger partial charge in [-0.25, -0.2) is 4.79 Å². The molecule has 2 atom stereocenters. The van der Waals surface area contributed by atoms with Crippen LogP contribution in [0.3, 0.4) is 0 Å². The number of ether oxygens (including phenoxy) is 1. The first-order chi connectivity index (χ1) is 8.70. The second-order valence-electron chi connectivity index (χ2n) is 4.23. The first kappa shape index (κ1) is 12.5. The fourth-order valence-corrected chi connectivity index (χ4v) is 1.94. The van der Waals surface area contributed by atoms with Crippen LogP contribution in [0.4, 0.5) is 0 Å². The molecular weight excluding hydrogens is 232 g/mol. The minimum Gasteiger partial charge on any atom is -0.457 e. The SMILES string of the molecule is O=CC1C[C@@H](O)C=C1C(=O)OCc1ccccc1. The van der Waals surface area contributed by atoms with Crippen LogP contribution in [0.25, 0.3) is 0 Å². The number of benzene rings is 1. The summed E-state index contributed by atoms with van der Waals surface area (Å²) in [5, 5.41) is 9.39. The van der Waals surface area contributed by atoms with Crippen molar-refractivity contribution in [1.82, 2.24) is 0 Å². The van der Waals surface area contributed by atoms with E-state index in [9.17, 15) is 14.7 Å². The van der Waals surface area contributed by atoms with E-state index < -0.39 is 18.0 Å². The number of aliphatic hydroxyl groups excluding tert-OH is 1. The Morgan fingerprint density at radius 3 is 2.78 bits per heavy atom. The summed E-state index contributed by atoms with van der Waals surface area (Å²) in [7, 11) is 0. The van der Waals surface area contributed by atoms with Crippen LogP contribution in [-0.4, -0.2) is 23.5 Å². The molecule has 0 spiro atoms. The number of carbonyl (C=O) groups excluding carboxylic acids is 2. The lowest BCUT2D eigenvalue weighted by Gasteiger charge is -2.08. The molecule has 0 fully saturated rings. The van der Waals surface area contributed by atoms with Crippen LogP contribution in [0.2, 0.25) is 0 Å². The normalized spacial score (nSPS) is 22.4. The van der Waals surface area contributed by atoms with Gasteiger partial charge in [-0.3, -0.25) is 0 Å². The quantitative estimate of drug-likeness (QED) is 0.641. The minimum atomic E-state index is -0.737. The van der Waals surface area contributed by atoms with Crippen LogP contribution in [0.15, 0.2) is 42.0 Å². The standard InChI is InChI=1S/C14H14O4/c15-8-11-6-12(16)7-13(11)14(17)18-9-10-4-2-1-3-5-10/h1-5,7-8,11-12,16H,6,9H2/t11?,12-/m1/s1. The first-order valence-corrected chi connectivity index (χ1v) is 5.77. The van der Waals surface area contributed by atoms with Crippen LogP contribution in [0, 0.1) is 5.92 Å². The average molecular weight is 246 g/mol. The summed E-state index contributed by atoms with van der Waals surface area (Å²) in [6.07, 6.45) is 1.59. The van der Waals surface area contributed by atoms with Crippen molar-refractivity contribution in [1.29, 1.82) is 0 Å². The van der Waals surface area contributed by atoms with Crippen molar-refractivity contribution >= 4 is 12.3 Å². The van der Waals surface area contributed by atoms with Crippen molar-refractivity contribution in [2.24, 2.45) is 5.92 Å². The maximum absolute atomic E-state index is 11.8. The molecule has 2 rings (SSSR count). The third kappa shape index (κ3) is 2.84. The number of hydrogen-bond acceptors (Lipinski definition) is 4. The molecule has 1 aromatic rings. The van der Waals surface area contributed by atoms with Crippen LogP contribution < -0.4 is 0 Å². The number of carbonyl (C=O) groups is 2. The monoisotopic (exact) mass is 246 g/mol. The lowest BCUT2D eigenvalue weighted by molar-refractivity contribution is -0.141. The zero-order chi connectivity index (χ0) is 13.0. The molecule has 0 heterocycles. The Hall–Kier alpha value is -1.94. The summed E-state index contributed by atoms with van der Waals surface area (Å²) < 4.78 is 5.12. The zero-order valence-electron chi connectivity index (χ0n) is 9.78. The molecule has 1 unspecified atom stereocenters. The van der Waals surface area contributed by atoms with E-state index in [0.29, 0.717) is 6.29 Å². The topological polar surface area (TPSA) is 63.6 Å². The molecule has 0 saturated carbocycles. The number of esters is 1. The summed E-state index contributed by atoms with van der Waals surface area (Å²) in [5.74, 6) is -1.09. The molecule has 4 nitrogen and oxygen atoms in total. The molecule has 1 aromatic carbocycles. The number of rotatable bonds is 4. The van der Waals surface area contributed by atoms with Crippen molar-refractivity contribution < 1.29 is 19.4 Å². The molecule has 1 N–H and O–H groups in total. The molecule has 1 aliphatic rings. The molecule has 0 aromatic heterocycles. The molecule has 0 aliphatic heterocycles. The van der Waals surface area contributed by atoms with E-state index in [1.807, 2.05) is 30.3 Å². The van der Waals surface area contributed by atoms with E-state index in [1.165, 1.54) is 6.08 Å². The fourth-order valence-electron chi connectivity index (χ4n) is 1.94. The Kier molecular flexibility index (Phi) is 3.89. The smallest absolute Gasteiger partial charge is 0.334 e. The van der Waals surface area contributed by atoms with Crippen molar-refractivity contribution in [3.05, 3.63) is 47.5 Å². The van der Waals surface area contributed by atoms with Gasteiger partial charge in [-0.2, -0.15) is 0 Å². The summed E-state index contributed by atoms with van der Waals surface area (Å²) in [4.78, 5) is 22.6. The lowest BCUT2D eigenvalue weighted by atomic mass is 10.0. The average Bonchev–Trinajstić information content (AvgIpc) is 2.78. The second kappa shape index (κ2) is 5.60. The molecule has 18 heavy (non-hydrogen) atoms. The van der Waals surface area contributed by atoms with E-state index >= 15 is 0 Å². The Morgan fingerprint density at radius 1 is 1.39 bits per heavy atom. The van der Waals surface area contributed by atoms with E-state index in [-0.39, 0.29) is 18.6 Å². The molecule has 0 bridgehead atoms. The molecule has 0 saturated heterocycles. The van der Waals surface area contributed by atoms with Crippen molar-refractivity contribution in [2.75, 3.05) is 0 Å². The van der Waals surface area contributed by atoms with Gasteiger partial charge >= 0.3 is 5.97 Å². The van der Waals surface area contributed by atoms with E-state index in [0.717, 1.165) is 5.56 Å². The van der Waals surface area contributed by atoms with Gasteiger partial charge in [0.1, 0.15) is 12.9 Å². The van der Waals surface area contributed by atoms with Crippen molar-refractivity contribution in [3.8, 4) is 0 Å². The highest BCUT2D eigenvalue weighted by molar-refractivity contribution is 5.93. The Morgan fingerprint density at radius 2 is 2.11 bits per heavy atom. The molecule has 94 valence electrons. The Labute approximate surface area is 105 Å². The highest BCUT2D eigenvalue weighted by atomic mass is 16.5. The molecule has 0 radical (unpaired) electrons. The highest BCUT2D eigenvalue weighted by Gasteiger charge is 2.30. The van der Waals surface area contributed by atoms with Gasteiger partial charge in [0.05, 0.1) is 6.10 Å². The second-order valence-corrected chi connectivity index (χ2v) is 4.23. The predicted molar refractivity (Wildman–Crippen MR) is 64.5 cm³/mol. The summed E-state index contributed by atoms with van der Waals surface area (Å²) >= 11 is 0. The van der Waals surface area contributed by atoms with Crippen LogP contribution in [0.1, 0.15) is 12.0 Å². The molecule has 4 heteroatoms. The molecule has 1 aliphatic carbocycles. The van der Waals surface area contributed by atoms with Crippen LogP contribution in [0.5, 0.6) is 0 Å². The maximum Gasteiger partial charge on any atom is 0.334 e. The fraction of sp³-hybridized carbons (Fsp3) is 0.286. The largest absolute Gasteiger partial charge is 0.457 e. The zero-order valence-corrected chi connectivity index (χ0v) is 9.78. The minimum absolute atomic E-state index is 0.165. The maximum atomic E-state index is 11.8. The van der Waals surface area contributed by atoms with Crippen LogP contribution in [-0.2, 0) is 20.9 Å². The van der Waals surface area contributed by atoms with Gasteiger partial charge in [0, 0.05) is 11.5 Å². The van der Waals surface area contributed by atoms with Crippen molar-refractivity contribution in [3.63, 3.8) is 0 Å². The lowest BCUT2D eigenvalue weighted by Crippen LogP contribution is -2.14. The van der Waals surface area contributed by atoms with Crippen molar-refractivity contribution in [2.45, 2.75) is 19.1 Å². The van der Waals surface area contributed by atoms with Gasteiger partial charge in [-0.1, -0.05) is 30.3 Å². The Balaban J connectivity index is 1.96. The van der Waals surface area contributed by atoms with Gasteiger partial charge in [-0.15, -0.1) is 0 Å². The predicted octanol–water partition coefficient (Wildman–Crippen LogP) is 1.24. The first-order valence-electron chi connectivity index (χ1n) is 5.77. The Bertz CT molecular complexity index is 464. The summed E-state index contributed by atoms with van der Waals surface area (Å²) in [6, 6.07) is 9.29. The third-order valence-electron chi connectivity index (χ3n) is 2.88. The van der Waals surface area contributed by atoms with Gasteiger partial charge in [-0.05, 0) is 18.1 Å². The third-order valence-corrected chi connectivity index (χ3v) is 2.88. The number of aliphatic hydroxyl groups is 1. The van der Waals surface area contributed by atoms with Gasteiger partial charge in [0.25, 0.3) is 0 Å². The van der Waals surface area contributed by atoms with E-state index in [4.69, 9.17) is 4.74 Å². The summed E-state index contributed by atoms with van der Waals surface area (Å²) in [6.45, 7) is 0.165. The number of aldehydes is 1. The van der Waals surface area contributed by atoms with Gasteiger partial charge < -0.3 is 14.6 Å². The van der Waals surface area contributed by atoms with Gasteiger partial charge in [0.15, 0.2) is 0 Å². The molecular formula is C14H14O4.